The Hall–Kier alpha value is -4.33. The lowest BCUT2D eigenvalue weighted by atomic mass is 10.1. The Balaban J connectivity index is 1.67. The van der Waals surface area contributed by atoms with Crippen molar-refractivity contribution >= 4 is 29.6 Å². The summed E-state index contributed by atoms with van der Waals surface area (Å²) in [4.78, 5) is 39.3. The van der Waals surface area contributed by atoms with Gasteiger partial charge in [0.1, 0.15) is 17.1 Å². The number of rotatable bonds is 7. The number of aromatic nitrogens is 1. The lowest BCUT2D eigenvalue weighted by Crippen LogP contribution is -2.54. The van der Waals surface area contributed by atoms with Crippen molar-refractivity contribution in [1.29, 1.82) is 0 Å². The van der Waals surface area contributed by atoms with Crippen molar-refractivity contribution in [1.82, 2.24) is 9.88 Å². The standard InChI is InChI=1S/C27H27N3O5/c1-5-34-22-11-7-20(8-12-22)29-17(3)15-19(18(29)4)16-24-25(31)28-27(33)30(26(24)32)21-9-13-23(14-10-21)35-6-2/h7-16H,5-6H2,1-4H3,(H,28,31,33)/b24-16+. The number of ether oxygens (including phenoxy) is 2. The van der Waals surface area contributed by atoms with Gasteiger partial charge in [-0.15, -0.1) is 0 Å². The summed E-state index contributed by atoms with van der Waals surface area (Å²) in [7, 11) is 0. The fourth-order valence-electron chi connectivity index (χ4n) is 4.09. The van der Waals surface area contributed by atoms with E-state index in [1.54, 1.807) is 24.3 Å². The van der Waals surface area contributed by atoms with Crippen LogP contribution in [0, 0.1) is 13.8 Å². The topological polar surface area (TPSA) is 89.9 Å². The number of benzene rings is 2. The number of amides is 4. The fraction of sp³-hybridized carbons (Fsp3) is 0.222. The minimum absolute atomic E-state index is 0.120. The molecular weight excluding hydrogens is 446 g/mol. The number of nitrogens with zero attached hydrogens (tertiary/aromatic N) is 2. The van der Waals surface area contributed by atoms with E-state index in [0.717, 1.165) is 27.7 Å². The number of hydrogen-bond acceptors (Lipinski definition) is 5. The first-order chi connectivity index (χ1) is 16.8. The van der Waals surface area contributed by atoms with E-state index in [9.17, 15) is 14.4 Å². The highest BCUT2D eigenvalue weighted by Crippen LogP contribution is 2.27. The number of nitrogens with one attached hydrogen (secondary N) is 1. The van der Waals surface area contributed by atoms with Crippen LogP contribution < -0.4 is 19.7 Å². The summed E-state index contributed by atoms with van der Waals surface area (Å²) >= 11 is 0. The number of barbiturate groups is 1. The SMILES string of the molecule is CCOc1ccc(N2C(=O)NC(=O)/C(=C\c3cc(C)n(-c4ccc(OCC)cc4)c3C)C2=O)cc1. The quantitative estimate of drug-likeness (QED) is 0.401. The van der Waals surface area contributed by atoms with Gasteiger partial charge in [-0.3, -0.25) is 14.9 Å². The molecule has 4 rings (SSSR count). The molecule has 1 aromatic heterocycles. The molecule has 0 bridgehead atoms. The number of hydrogen-bond donors (Lipinski definition) is 1. The van der Waals surface area contributed by atoms with Crippen molar-refractivity contribution < 1.29 is 23.9 Å². The van der Waals surface area contributed by atoms with Crippen LogP contribution in [0.5, 0.6) is 11.5 Å². The molecule has 35 heavy (non-hydrogen) atoms. The van der Waals surface area contributed by atoms with Gasteiger partial charge < -0.3 is 14.0 Å². The molecule has 180 valence electrons. The molecule has 0 atom stereocenters. The Morgan fingerprint density at radius 1 is 0.829 bits per heavy atom. The lowest BCUT2D eigenvalue weighted by Gasteiger charge is -2.26. The van der Waals surface area contributed by atoms with E-state index in [4.69, 9.17) is 9.47 Å². The molecule has 8 nitrogen and oxygen atoms in total. The molecule has 8 heteroatoms. The minimum atomic E-state index is -0.791. The zero-order valence-electron chi connectivity index (χ0n) is 20.1. The van der Waals surface area contributed by atoms with Crippen molar-refractivity contribution in [3.05, 3.63) is 77.1 Å². The highest BCUT2D eigenvalue weighted by molar-refractivity contribution is 6.39. The van der Waals surface area contributed by atoms with E-state index >= 15 is 0 Å². The van der Waals surface area contributed by atoms with Crippen LogP contribution in [-0.4, -0.2) is 35.6 Å². The molecule has 0 unspecified atom stereocenters. The van der Waals surface area contributed by atoms with Crippen LogP contribution in [0.3, 0.4) is 0 Å². The van der Waals surface area contributed by atoms with Crippen LogP contribution in [0.4, 0.5) is 10.5 Å². The van der Waals surface area contributed by atoms with Crippen LogP contribution in [0.1, 0.15) is 30.8 Å². The average molecular weight is 474 g/mol. The van der Waals surface area contributed by atoms with E-state index in [0.29, 0.717) is 30.2 Å². The van der Waals surface area contributed by atoms with Crippen LogP contribution in [0.2, 0.25) is 0 Å². The Labute approximate surface area is 203 Å². The van der Waals surface area contributed by atoms with E-state index in [-0.39, 0.29) is 5.57 Å². The lowest BCUT2D eigenvalue weighted by molar-refractivity contribution is -0.122. The van der Waals surface area contributed by atoms with Crippen LogP contribution in [-0.2, 0) is 9.59 Å². The predicted molar refractivity (Wildman–Crippen MR) is 133 cm³/mol. The number of carbonyl (C=O) groups excluding carboxylic acids is 3. The zero-order chi connectivity index (χ0) is 25.1. The smallest absolute Gasteiger partial charge is 0.335 e. The first-order valence-corrected chi connectivity index (χ1v) is 11.4. The predicted octanol–water partition coefficient (Wildman–Crippen LogP) is 4.56. The third-order valence-corrected chi connectivity index (χ3v) is 5.68. The maximum absolute atomic E-state index is 13.3. The Morgan fingerprint density at radius 3 is 1.91 bits per heavy atom. The van der Waals surface area contributed by atoms with Gasteiger partial charge in [0.05, 0.1) is 18.9 Å². The minimum Gasteiger partial charge on any atom is -0.494 e. The average Bonchev–Trinajstić information content (AvgIpc) is 3.11. The Bertz CT molecular complexity index is 1300. The van der Waals surface area contributed by atoms with Gasteiger partial charge >= 0.3 is 6.03 Å². The molecule has 2 aromatic carbocycles. The molecule has 1 saturated heterocycles. The maximum atomic E-state index is 13.3. The maximum Gasteiger partial charge on any atom is 0.335 e. The Kier molecular flexibility index (Phi) is 6.73. The zero-order valence-corrected chi connectivity index (χ0v) is 20.1. The molecule has 0 aliphatic carbocycles. The number of urea groups is 1. The summed E-state index contributed by atoms with van der Waals surface area (Å²) in [6.07, 6.45) is 1.53. The third kappa shape index (κ3) is 4.68. The van der Waals surface area contributed by atoms with Gasteiger partial charge in [0.2, 0.25) is 0 Å². The first kappa shape index (κ1) is 23.8. The van der Waals surface area contributed by atoms with Crippen LogP contribution in [0.25, 0.3) is 11.8 Å². The van der Waals surface area contributed by atoms with Gasteiger partial charge in [-0.05, 0) is 93.9 Å². The number of imide groups is 2. The highest BCUT2D eigenvalue weighted by Gasteiger charge is 2.37. The second-order valence-corrected chi connectivity index (χ2v) is 7.97. The summed E-state index contributed by atoms with van der Waals surface area (Å²) in [5.41, 5.74) is 3.64. The molecule has 1 fully saturated rings. The van der Waals surface area contributed by atoms with E-state index in [1.807, 2.05) is 62.6 Å². The van der Waals surface area contributed by atoms with Gasteiger partial charge in [0, 0.05) is 17.1 Å². The van der Waals surface area contributed by atoms with Gasteiger partial charge in [-0.2, -0.15) is 0 Å². The number of aryl methyl sites for hydroxylation is 1. The van der Waals surface area contributed by atoms with E-state index in [2.05, 4.69) is 5.32 Å². The molecular formula is C27H27N3O5. The second-order valence-electron chi connectivity index (χ2n) is 7.97. The van der Waals surface area contributed by atoms with Crippen molar-refractivity contribution in [2.24, 2.45) is 0 Å². The monoisotopic (exact) mass is 473 g/mol. The molecule has 1 aliphatic rings. The van der Waals surface area contributed by atoms with Crippen molar-refractivity contribution in [2.75, 3.05) is 18.1 Å². The fourth-order valence-corrected chi connectivity index (χ4v) is 4.09. The third-order valence-electron chi connectivity index (χ3n) is 5.68. The second kappa shape index (κ2) is 9.89. The molecule has 0 spiro atoms. The highest BCUT2D eigenvalue weighted by atomic mass is 16.5. The van der Waals surface area contributed by atoms with Crippen molar-refractivity contribution in [3.8, 4) is 17.2 Å². The Morgan fingerprint density at radius 2 is 1.37 bits per heavy atom. The van der Waals surface area contributed by atoms with Crippen molar-refractivity contribution in [2.45, 2.75) is 27.7 Å². The molecule has 1 N–H and O–H groups in total. The van der Waals surface area contributed by atoms with Gasteiger partial charge in [-0.1, -0.05) is 0 Å². The van der Waals surface area contributed by atoms with E-state index in [1.165, 1.54) is 6.08 Å². The molecule has 3 aromatic rings. The molecule has 0 radical (unpaired) electrons. The summed E-state index contributed by atoms with van der Waals surface area (Å²) in [5.74, 6) is -0.0129. The number of carbonyl (C=O) groups is 3. The normalized spacial score (nSPS) is 14.9. The molecule has 0 saturated carbocycles. The van der Waals surface area contributed by atoms with E-state index < -0.39 is 17.8 Å². The van der Waals surface area contributed by atoms with Gasteiger partial charge in [0.15, 0.2) is 0 Å². The first-order valence-electron chi connectivity index (χ1n) is 11.4. The molecule has 1 aliphatic heterocycles. The molecule has 4 amide bonds. The summed E-state index contributed by atoms with van der Waals surface area (Å²) in [5, 5.41) is 2.27. The summed E-state index contributed by atoms with van der Waals surface area (Å²) in [6, 6.07) is 15.4. The summed E-state index contributed by atoms with van der Waals surface area (Å²) < 4.78 is 13.0. The summed E-state index contributed by atoms with van der Waals surface area (Å²) in [6.45, 7) is 8.75. The van der Waals surface area contributed by atoms with Crippen LogP contribution >= 0.6 is 0 Å². The van der Waals surface area contributed by atoms with Crippen molar-refractivity contribution in [3.63, 3.8) is 0 Å². The number of anilines is 1. The van der Waals surface area contributed by atoms with Crippen LogP contribution in [0.15, 0.2) is 60.2 Å². The largest absolute Gasteiger partial charge is 0.494 e. The van der Waals surface area contributed by atoms with Gasteiger partial charge in [0.25, 0.3) is 11.8 Å². The molecule has 2 heterocycles. The van der Waals surface area contributed by atoms with Gasteiger partial charge in [-0.25, -0.2) is 9.69 Å².